The van der Waals surface area contributed by atoms with Crippen LogP contribution < -0.4 is 20.1 Å². The molecule has 1 heterocycles. The molecule has 1 aromatic carbocycles. The second-order valence-electron chi connectivity index (χ2n) is 6.30. The van der Waals surface area contributed by atoms with Crippen molar-refractivity contribution < 1.29 is 19.1 Å². The van der Waals surface area contributed by atoms with Crippen molar-refractivity contribution in [1.82, 2.24) is 10.3 Å². The normalized spacial score (nSPS) is 10.9. The Labute approximate surface area is 163 Å². The average Bonchev–Trinajstić information content (AvgIpc) is 2.67. The highest BCUT2D eigenvalue weighted by Crippen LogP contribution is 2.36. The average molecular weight is 392 g/mol. The summed E-state index contributed by atoms with van der Waals surface area (Å²) in [5.41, 5.74) is -0.0670. The summed E-state index contributed by atoms with van der Waals surface area (Å²) in [6, 6.07) is 6.66. The third kappa shape index (κ3) is 4.89. The van der Waals surface area contributed by atoms with Crippen LogP contribution in [0.15, 0.2) is 36.7 Å². The van der Waals surface area contributed by atoms with E-state index < -0.39 is 17.2 Å². The predicted octanol–water partition coefficient (Wildman–Crippen LogP) is 3.03. The van der Waals surface area contributed by atoms with Crippen LogP contribution in [0.5, 0.6) is 11.5 Å². The van der Waals surface area contributed by atoms with E-state index in [4.69, 9.17) is 21.1 Å². The van der Waals surface area contributed by atoms with Gasteiger partial charge in [-0.1, -0.05) is 11.6 Å². The molecule has 2 rings (SSSR count). The largest absolute Gasteiger partial charge is 0.495 e. The van der Waals surface area contributed by atoms with Gasteiger partial charge in [-0.2, -0.15) is 0 Å². The molecule has 0 atom stereocenters. The summed E-state index contributed by atoms with van der Waals surface area (Å²) in [6.07, 6.45) is 3.28. The number of methoxy groups -OCH3 is 2. The van der Waals surface area contributed by atoms with Crippen molar-refractivity contribution >= 4 is 29.1 Å². The van der Waals surface area contributed by atoms with Gasteiger partial charge in [0.2, 0.25) is 11.8 Å². The lowest BCUT2D eigenvalue weighted by atomic mass is 9.90. The Morgan fingerprint density at radius 1 is 1.07 bits per heavy atom. The number of benzene rings is 1. The lowest BCUT2D eigenvalue weighted by Crippen LogP contribution is -2.44. The van der Waals surface area contributed by atoms with Crippen molar-refractivity contribution in [1.29, 1.82) is 0 Å². The Morgan fingerprint density at radius 2 is 1.70 bits per heavy atom. The van der Waals surface area contributed by atoms with Gasteiger partial charge in [0.15, 0.2) is 0 Å². The molecule has 2 aromatic rings. The molecule has 0 fully saturated rings. The number of pyridine rings is 1. The molecular weight excluding hydrogens is 370 g/mol. The van der Waals surface area contributed by atoms with E-state index in [1.54, 1.807) is 44.4 Å². The summed E-state index contributed by atoms with van der Waals surface area (Å²) < 4.78 is 10.4. The van der Waals surface area contributed by atoms with Crippen LogP contribution in [-0.2, 0) is 16.1 Å². The topological polar surface area (TPSA) is 89.5 Å². The SMILES string of the molecule is COc1cc(NC(=O)C(C)(C)C(=O)NCc2ccncc2)c(OC)cc1Cl. The Morgan fingerprint density at radius 3 is 2.30 bits per heavy atom. The van der Waals surface area contributed by atoms with E-state index in [2.05, 4.69) is 15.6 Å². The van der Waals surface area contributed by atoms with Gasteiger partial charge in [-0.3, -0.25) is 14.6 Å². The fraction of sp³-hybridized carbons (Fsp3) is 0.316. The second-order valence-corrected chi connectivity index (χ2v) is 6.71. The number of hydrogen-bond donors (Lipinski definition) is 2. The maximum absolute atomic E-state index is 12.7. The van der Waals surface area contributed by atoms with Gasteiger partial charge in [-0.05, 0) is 31.5 Å². The van der Waals surface area contributed by atoms with E-state index in [0.29, 0.717) is 28.8 Å². The summed E-state index contributed by atoms with van der Waals surface area (Å²) >= 11 is 6.07. The minimum Gasteiger partial charge on any atom is -0.495 e. The maximum Gasteiger partial charge on any atom is 0.239 e. The van der Waals surface area contributed by atoms with Gasteiger partial charge in [-0.25, -0.2) is 0 Å². The van der Waals surface area contributed by atoms with Crippen molar-refractivity contribution in [2.45, 2.75) is 20.4 Å². The number of anilines is 1. The molecule has 144 valence electrons. The Kier molecular flexibility index (Phi) is 6.63. The molecule has 0 spiro atoms. The minimum atomic E-state index is -1.31. The molecule has 0 aliphatic rings. The highest BCUT2D eigenvalue weighted by molar-refractivity contribution is 6.32. The summed E-state index contributed by atoms with van der Waals surface area (Å²) in [7, 11) is 2.93. The summed E-state index contributed by atoms with van der Waals surface area (Å²) in [4.78, 5) is 29.2. The number of amides is 2. The van der Waals surface area contributed by atoms with Gasteiger partial charge in [0.1, 0.15) is 16.9 Å². The molecule has 0 aliphatic carbocycles. The van der Waals surface area contributed by atoms with Crippen LogP contribution in [0.2, 0.25) is 5.02 Å². The molecule has 0 saturated heterocycles. The van der Waals surface area contributed by atoms with Crippen LogP contribution in [0.3, 0.4) is 0 Å². The number of rotatable bonds is 7. The third-order valence-electron chi connectivity index (χ3n) is 4.06. The smallest absolute Gasteiger partial charge is 0.239 e. The zero-order valence-electron chi connectivity index (χ0n) is 15.6. The van der Waals surface area contributed by atoms with Crippen molar-refractivity contribution in [2.75, 3.05) is 19.5 Å². The highest BCUT2D eigenvalue weighted by Gasteiger charge is 2.36. The molecule has 2 amide bonds. The van der Waals surface area contributed by atoms with Crippen LogP contribution in [-0.4, -0.2) is 31.0 Å². The van der Waals surface area contributed by atoms with E-state index in [9.17, 15) is 9.59 Å². The van der Waals surface area contributed by atoms with E-state index in [1.807, 2.05) is 0 Å². The Bertz CT molecular complexity index is 825. The number of nitrogens with zero attached hydrogens (tertiary/aromatic N) is 1. The van der Waals surface area contributed by atoms with Crippen LogP contribution in [0.4, 0.5) is 5.69 Å². The number of halogens is 1. The molecule has 0 bridgehead atoms. The molecule has 0 saturated carbocycles. The van der Waals surface area contributed by atoms with Crippen LogP contribution in [0.1, 0.15) is 19.4 Å². The minimum absolute atomic E-state index is 0.302. The van der Waals surface area contributed by atoms with Crippen LogP contribution in [0.25, 0.3) is 0 Å². The Hall–Kier alpha value is -2.80. The number of hydrogen-bond acceptors (Lipinski definition) is 5. The summed E-state index contributed by atoms with van der Waals surface area (Å²) in [6.45, 7) is 3.39. The molecule has 1 aromatic heterocycles. The van der Waals surface area contributed by atoms with Crippen LogP contribution in [0, 0.1) is 5.41 Å². The Balaban J connectivity index is 2.12. The summed E-state index contributed by atoms with van der Waals surface area (Å²) in [5, 5.41) is 5.82. The molecule has 0 radical (unpaired) electrons. The zero-order chi connectivity index (χ0) is 20.0. The number of carbonyl (C=O) groups excluding carboxylic acids is 2. The standard InChI is InChI=1S/C19H22ClN3O4/c1-19(2,17(24)22-11-12-5-7-21-8-6-12)18(25)23-14-10-15(26-3)13(20)9-16(14)27-4/h5-10H,11H2,1-4H3,(H,22,24)(H,23,25). The quantitative estimate of drug-likeness (QED) is 0.708. The first-order chi connectivity index (χ1) is 12.8. The second kappa shape index (κ2) is 8.73. The van der Waals surface area contributed by atoms with Gasteiger partial charge in [0, 0.05) is 31.1 Å². The lowest BCUT2D eigenvalue weighted by Gasteiger charge is -2.23. The zero-order valence-corrected chi connectivity index (χ0v) is 16.4. The van der Waals surface area contributed by atoms with E-state index in [0.717, 1.165) is 5.56 Å². The number of ether oxygens (including phenoxy) is 2. The van der Waals surface area contributed by atoms with Crippen molar-refractivity contribution in [3.63, 3.8) is 0 Å². The first-order valence-electron chi connectivity index (χ1n) is 8.19. The number of carbonyl (C=O) groups is 2. The third-order valence-corrected chi connectivity index (χ3v) is 4.36. The van der Waals surface area contributed by atoms with E-state index >= 15 is 0 Å². The molecule has 2 N–H and O–H groups in total. The highest BCUT2D eigenvalue weighted by atomic mass is 35.5. The van der Waals surface area contributed by atoms with Gasteiger partial charge < -0.3 is 20.1 Å². The van der Waals surface area contributed by atoms with Gasteiger partial charge >= 0.3 is 0 Å². The van der Waals surface area contributed by atoms with Crippen LogP contribution >= 0.6 is 11.6 Å². The van der Waals surface area contributed by atoms with Gasteiger partial charge in [0.05, 0.1) is 24.9 Å². The van der Waals surface area contributed by atoms with Crippen molar-refractivity contribution in [2.24, 2.45) is 5.41 Å². The first kappa shape index (κ1) is 20.5. The van der Waals surface area contributed by atoms with Crippen molar-refractivity contribution in [3.05, 3.63) is 47.2 Å². The number of nitrogens with one attached hydrogen (secondary N) is 2. The fourth-order valence-corrected chi connectivity index (χ4v) is 2.47. The first-order valence-corrected chi connectivity index (χ1v) is 8.57. The van der Waals surface area contributed by atoms with E-state index in [-0.39, 0.29) is 0 Å². The number of aromatic nitrogens is 1. The molecule has 7 nitrogen and oxygen atoms in total. The molecular formula is C19H22ClN3O4. The lowest BCUT2D eigenvalue weighted by molar-refractivity contribution is -0.138. The monoisotopic (exact) mass is 391 g/mol. The predicted molar refractivity (Wildman–Crippen MR) is 103 cm³/mol. The van der Waals surface area contributed by atoms with Gasteiger partial charge in [-0.15, -0.1) is 0 Å². The van der Waals surface area contributed by atoms with Crippen molar-refractivity contribution in [3.8, 4) is 11.5 Å². The summed E-state index contributed by atoms with van der Waals surface area (Å²) in [5.74, 6) is -0.149. The molecule has 8 heteroatoms. The molecule has 27 heavy (non-hydrogen) atoms. The fourth-order valence-electron chi connectivity index (χ4n) is 2.24. The maximum atomic E-state index is 12.7. The molecule has 0 aliphatic heterocycles. The van der Waals surface area contributed by atoms with E-state index in [1.165, 1.54) is 20.3 Å². The molecule has 0 unspecified atom stereocenters. The van der Waals surface area contributed by atoms with Gasteiger partial charge in [0.25, 0.3) is 0 Å².